The molecule has 4 rings (SSSR count). The minimum Gasteiger partial charge on any atom is -0.462 e. The summed E-state index contributed by atoms with van der Waals surface area (Å²) in [6.07, 6.45) is 5.75. The van der Waals surface area contributed by atoms with E-state index in [-0.39, 0.29) is 5.97 Å². The second-order valence-electron chi connectivity index (χ2n) is 7.32. The maximum absolute atomic E-state index is 11.4. The quantitative estimate of drug-likeness (QED) is 0.185. The van der Waals surface area contributed by atoms with E-state index in [2.05, 4.69) is 50.2 Å². The van der Waals surface area contributed by atoms with Crippen molar-refractivity contribution in [2.45, 2.75) is 27.7 Å². The number of alkyl halides is 1. The average molecular weight is 546 g/mol. The molecular formula is C25H31IN4O2. The fourth-order valence-electron chi connectivity index (χ4n) is 3.36. The number of rotatable bonds is 3. The van der Waals surface area contributed by atoms with Crippen molar-refractivity contribution in [2.75, 3.05) is 11.5 Å². The lowest BCUT2D eigenvalue weighted by molar-refractivity contribution is 0.0525. The van der Waals surface area contributed by atoms with Crippen LogP contribution < -0.4 is 0 Å². The molecule has 7 heteroatoms. The molecule has 1 aromatic carbocycles. The predicted molar refractivity (Wildman–Crippen MR) is 139 cm³/mol. The number of hydrogen-bond acceptors (Lipinski definition) is 4. The van der Waals surface area contributed by atoms with Crippen molar-refractivity contribution < 1.29 is 9.53 Å². The highest BCUT2D eigenvalue weighted by molar-refractivity contribution is 14.1. The Balaban J connectivity index is 0.000000218. The van der Waals surface area contributed by atoms with Gasteiger partial charge in [0.1, 0.15) is 5.65 Å². The lowest BCUT2D eigenvalue weighted by Gasteiger charge is -2.06. The van der Waals surface area contributed by atoms with Gasteiger partial charge in [-0.05, 0) is 67.5 Å². The molecule has 170 valence electrons. The summed E-state index contributed by atoms with van der Waals surface area (Å²) in [4.78, 5) is 17.8. The number of fused-ring (bicyclic) bond motifs is 1. The Morgan fingerprint density at radius 1 is 1.09 bits per heavy atom. The van der Waals surface area contributed by atoms with Crippen LogP contribution in [0.25, 0.3) is 22.3 Å². The Morgan fingerprint density at radius 3 is 2.41 bits per heavy atom. The van der Waals surface area contributed by atoms with Gasteiger partial charge >= 0.3 is 5.97 Å². The third-order valence-corrected chi connectivity index (χ3v) is 5.25. The topological polar surface area (TPSA) is 61.9 Å². The van der Waals surface area contributed by atoms with E-state index < -0.39 is 0 Å². The zero-order chi connectivity index (χ0) is 23.8. The molecule has 3 heterocycles. The molecule has 0 fully saturated rings. The molecule has 3 aromatic heterocycles. The van der Waals surface area contributed by atoms with Gasteiger partial charge in [0.25, 0.3) is 0 Å². The first-order valence-electron chi connectivity index (χ1n) is 10.3. The smallest absolute Gasteiger partial charge is 0.338 e. The Hall–Kier alpha value is -2.68. The van der Waals surface area contributed by atoms with Crippen LogP contribution in [0.4, 0.5) is 0 Å². The van der Waals surface area contributed by atoms with E-state index in [0.29, 0.717) is 12.2 Å². The molecule has 0 saturated carbocycles. The van der Waals surface area contributed by atoms with E-state index in [9.17, 15) is 4.79 Å². The zero-order valence-corrected chi connectivity index (χ0v) is 22.0. The fourth-order valence-corrected chi connectivity index (χ4v) is 3.36. The SMILES string of the molecule is CCOC(=O)c1cccc(C)c1C.CI.Cc1ccnc2c1cc(-c1cnn(C)c1)n2C. The summed E-state index contributed by atoms with van der Waals surface area (Å²) in [5, 5.41) is 5.41. The number of ether oxygens (including phenoxy) is 1. The zero-order valence-electron chi connectivity index (χ0n) is 19.8. The van der Waals surface area contributed by atoms with E-state index >= 15 is 0 Å². The van der Waals surface area contributed by atoms with E-state index in [4.69, 9.17) is 4.74 Å². The molecule has 32 heavy (non-hydrogen) atoms. The lowest BCUT2D eigenvalue weighted by atomic mass is 10.0. The minimum absolute atomic E-state index is 0.233. The van der Waals surface area contributed by atoms with Gasteiger partial charge < -0.3 is 9.30 Å². The van der Waals surface area contributed by atoms with Gasteiger partial charge in [-0.1, -0.05) is 34.7 Å². The highest BCUT2D eigenvalue weighted by Crippen LogP contribution is 2.27. The summed E-state index contributed by atoms with van der Waals surface area (Å²) in [5.41, 5.74) is 7.32. The van der Waals surface area contributed by atoms with Crippen molar-refractivity contribution in [2.24, 2.45) is 14.1 Å². The average Bonchev–Trinajstić information content (AvgIpc) is 3.36. The maximum atomic E-state index is 11.4. The van der Waals surface area contributed by atoms with Crippen molar-refractivity contribution in [1.82, 2.24) is 19.3 Å². The van der Waals surface area contributed by atoms with Gasteiger partial charge in [-0.15, -0.1) is 0 Å². The molecule has 0 N–H and O–H groups in total. The number of carbonyl (C=O) groups excluding carboxylic acids is 1. The standard InChI is InChI=1S/C13H14N4.C11H14O2.CH3I/c1-9-4-5-14-13-11(9)6-12(17(13)3)10-7-15-16(2)8-10;1-4-13-11(12)10-7-5-6-8(2)9(10)3;1-2/h4-8H,1-3H3;5-7H,4H2,1-3H3;1H3. The minimum atomic E-state index is -0.233. The third kappa shape index (κ3) is 5.76. The van der Waals surface area contributed by atoms with Crippen LogP contribution >= 0.6 is 22.6 Å². The lowest BCUT2D eigenvalue weighted by Crippen LogP contribution is -2.07. The molecule has 0 bridgehead atoms. The number of hydrogen-bond donors (Lipinski definition) is 0. The van der Waals surface area contributed by atoms with Gasteiger partial charge in [0.2, 0.25) is 0 Å². The van der Waals surface area contributed by atoms with Crippen LogP contribution in [-0.4, -0.2) is 36.8 Å². The summed E-state index contributed by atoms with van der Waals surface area (Å²) in [5.74, 6) is -0.233. The van der Waals surface area contributed by atoms with Gasteiger partial charge in [0, 0.05) is 37.4 Å². The van der Waals surface area contributed by atoms with E-state index in [1.807, 2.05) is 81.3 Å². The van der Waals surface area contributed by atoms with Gasteiger partial charge in [-0.25, -0.2) is 9.78 Å². The summed E-state index contributed by atoms with van der Waals surface area (Å²) in [7, 11) is 3.97. The molecule has 0 saturated heterocycles. The number of aromatic nitrogens is 4. The van der Waals surface area contributed by atoms with Crippen LogP contribution in [-0.2, 0) is 18.8 Å². The first kappa shape index (κ1) is 25.6. The molecule has 0 spiro atoms. The molecule has 0 atom stereocenters. The number of pyridine rings is 1. The number of aryl methyl sites for hydroxylation is 4. The van der Waals surface area contributed by atoms with Crippen molar-refractivity contribution in [3.05, 3.63) is 71.2 Å². The molecular weight excluding hydrogens is 515 g/mol. The van der Waals surface area contributed by atoms with Gasteiger partial charge in [0.15, 0.2) is 0 Å². The number of carbonyl (C=O) groups is 1. The monoisotopic (exact) mass is 546 g/mol. The molecule has 0 amide bonds. The largest absolute Gasteiger partial charge is 0.462 e. The number of nitrogens with zero attached hydrogens (tertiary/aromatic N) is 4. The van der Waals surface area contributed by atoms with Crippen LogP contribution in [0.5, 0.6) is 0 Å². The van der Waals surface area contributed by atoms with Crippen LogP contribution in [0.3, 0.4) is 0 Å². The van der Waals surface area contributed by atoms with Crippen molar-refractivity contribution in [1.29, 1.82) is 0 Å². The van der Waals surface area contributed by atoms with Crippen LogP contribution in [0.2, 0.25) is 0 Å². The Morgan fingerprint density at radius 2 is 1.81 bits per heavy atom. The second-order valence-corrected chi connectivity index (χ2v) is 7.32. The highest BCUT2D eigenvalue weighted by atomic mass is 127. The van der Waals surface area contributed by atoms with Gasteiger partial charge in [-0.3, -0.25) is 4.68 Å². The molecule has 0 aliphatic rings. The first-order chi connectivity index (χ1) is 15.3. The summed E-state index contributed by atoms with van der Waals surface area (Å²) < 4.78 is 8.85. The Bertz CT molecular complexity index is 1190. The maximum Gasteiger partial charge on any atom is 0.338 e. The Labute approximate surface area is 203 Å². The molecule has 0 aliphatic carbocycles. The molecule has 0 aliphatic heterocycles. The normalized spacial score (nSPS) is 10.1. The predicted octanol–water partition coefficient (Wildman–Crippen LogP) is 5.81. The molecule has 0 unspecified atom stereocenters. The molecule has 0 radical (unpaired) electrons. The highest BCUT2D eigenvalue weighted by Gasteiger charge is 2.11. The van der Waals surface area contributed by atoms with Crippen LogP contribution in [0.15, 0.2) is 48.9 Å². The number of esters is 1. The van der Waals surface area contributed by atoms with E-state index in [0.717, 1.165) is 28.0 Å². The van der Waals surface area contributed by atoms with Crippen LogP contribution in [0.1, 0.15) is 34.0 Å². The Kier molecular flexibility index (Phi) is 9.43. The second kappa shape index (κ2) is 11.8. The summed E-state index contributed by atoms with van der Waals surface area (Å²) in [6.45, 7) is 8.26. The van der Waals surface area contributed by atoms with Gasteiger partial charge in [-0.2, -0.15) is 5.10 Å². The van der Waals surface area contributed by atoms with Gasteiger partial charge in [0.05, 0.1) is 24.1 Å². The molecule has 4 aromatic rings. The van der Waals surface area contributed by atoms with Crippen molar-refractivity contribution in [3.63, 3.8) is 0 Å². The van der Waals surface area contributed by atoms with Crippen molar-refractivity contribution in [3.8, 4) is 11.3 Å². The summed E-state index contributed by atoms with van der Waals surface area (Å²) >= 11 is 2.15. The third-order valence-electron chi connectivity index (χ3n) is 5.25. The number of halogens is 1. The van der Waals surface area contributed by atoms with E-state index in [1.54, 1.807) is 6.07 Å². The van der Waals surface area contributed by atoms with E-state index in [1.165, 1.54) is 10.9 Å². The number of benzene rings is 1. The van der Waals surface area contributed by atoms with Crippen molar-refractivity contribution >= 4 is 39.6 Å². The summed E-state index contributed by atoms with van der Waals surface area (Å²) in [6, 6.07) is 9.86. The first-order valence-corrected chi connectivity index (χ1v) is 12.5. The van der Waals surface area contributed by atoms with Crippen LogP contribution in [0, 0.1) is 20.8 Å². The molecule has 6 nitrogen and oxygen atoms in total. The fraction of sp³-hybridized carbons (Fsp3) is 0.320.